The van der Waals surface area contributed by atoms with Crippen LogP contribution in [-0.4, -0.2) is 5.91 Å². The Labute approximate surface area is 109 Å². The Balaban J connectivity index is 2.16. The third-order valence-electron chi connectivity index (χ3n) is 3.56. The zero-order chi connectivity index (χ0) is 12.8. The molecule has 1 aromatic rings. The molecular formula is C16H19NO. The van der Waals surface area contributed by atoms with Crippen LogP contribution in [0.1, 0.15) is 44.2 Å². The molecule has 1 amide bonds. The van der Waals surface area contributed by atoms with Gasteiger partial charge in [0.1, 0.15) is 0 Å². The normalized spacial score (nSPS) is 16.7. The molecule has 1 aromatic carbocycles. The highest BCUT2D eigenvalue weighted by molar-refractivity contribution is 5.93. The van der Waals surface area contributed by atoms with Crippen molar-refractivity contribution < 1.29 is 4.79 Å². The Morgan fingerprint density at radius 3 is 2.56 bits per heavy atom. The van der Waals surface area contributed by atoms with Crippen LogP contribution >= 0.6 is 0 Å². The summed E-state index contributed by atoms with van der Waals surface area (Å²) < 4.78 is 0. The average Bonchev–Trinajstić information content (AvgIpc) is 2.91. The van der Waals surface area contributed by atoms with Gasteiger partial charge in [0.05, 0.1) is 6.04 Å². The zero-order valence-corrected chi connectivity index (χ0v) is 10.8. The molecule has 1 aliphatic rings. The number of carbonyl (C=O) groups excluding carboxylic acids is 1. The predicted molar refractivity (Wildman–Crippen MR) is 72.7 cm³/mol. The van der Waals surface area contributed by atoms with Gasteiger partial charge in [0.15, 0.2) is 0 Å². The van der Waals surface area contributed by atoms with Crippen LogP contribution in [0, 0.1) is 17.8 Å². The molecule has 1 fully saturated rings. The molecule has 18 heavy (non-hydrogen) atoms. The number of benzene rings is 1. The minimum Gasteiger partial charge on any atom is -0.338 e. The van der Waals surface area contributed by atoms with E-state index in [0.29, 0.717) is 5.92 Å². The maximum Gasteiger partial charge on any atom is 0.296 e. The topological polar surface area (TPSA) is 29.1 Å². The summed E-state index contributed by atoms with van der Waals surface area (Å²) in [7, 11) is 0. The van der Waals surface area contributed by atoms with Crippen molar-refractivity contribution in [2.75, 3.05) is 0 Å². The molecule has 0 aliphatic heterocycles. The van der Waals surface area contributed by atoms with Crippen molar-refractivity contribution in [3.05, 3.63) is 35.9 Å². The van der Waals surface area contributed by atoms with E-state index in [9.17, 15) is 4.79 Å². The van der Waals surface area contributed by atoms with Crippen LogP contribution in [0.2, 0.25) is 0 Å². The van der Waals surface area contributed by atoms with Gasteiger partial charge >= 0.3 is 0 Å². The monoisotopic (exact) mass is 241 g/mol. The van der Waals surface area contributed by atoms with Gasteiger partial charge in [-0.1, -0.05) is 49.1 Å². The van der Waals surface area contributed by atoms with E-state index in [2.05, 4.69) is 29.3 Å². The third-order valence-corrected chi connectivity index (χ3v) is 3.56. The first-order valence-corrected chi connectivity index (χ1v) is 6.59. The summed E-state index contributed by atoms with van der Waals surface area (Å²) in [6.45, 7) is 1.69. The van der Waals surface area contributed by atoms with Gasteiger partial charge < -0.3 is 5.32 Å². The van der Waals surface area contributed by atoms with Gasteiger partial charge in [-0.3, -0.25) is 4.79 Å². The number of rotatable bonds is 3. The lowest BCUT2D eigenvalue weighted by Gasteiger charge is -2.24. The number of hydrogen-bond donors (Lipinski definition) is 1. The molecule has 2 rings (SSSR count). The Kier molecular flexibility index (Phi) is 4.41. The van der Waals surface area contributed by atoms with Crippen molar-refractivity contribution in [1.82, 2.24) is 5.32 Å². The van der Waals surface area contributed by atoms with E-state index in [4.69, 9.17) is 0 Å². The molecular weight excluding hydrogens is 222 g/mol. The Bertz CT molecular complexity index is 449. The number of nitrogens with one attached hydrogen (secondary N) is 1. The molecule has 1 N–H and O–H groups in total. The van der Waals surface area contributed by atoms with Crippen molar-refractivity contribution >= 4 is 5.91 Å². The zero-order valence-electron chi connectivity index (χ0n) is 10.8. The molecule has 94 valence electrons. The Hall–Kier alpha value is -1.75. The molecule has 0 unspecified atom stereocenters. The van der Waals surface area contributed by atoms with E-state index >= 15 is 0 Å². The smallest absolute Gasteiger partial charge is 0.296 e. The molecule has 0 spiro atoms. The molecule has 1 atom stereocenters. The summed E-state index contributed by atoms with van der Waals surface area (Å²) in [6.07, 6.45) is 4.92. The highest BCUT2D eigenvalue weighted by Gasteiger charge is 2.27. The van der Waals surface area contributed by atoms with Crippen LogP contribution in [0.5, 0.6) is 0 Å². The number of hydrogen-bond acceptors (Lipinski definition) is 1. The minimum absolute atomic E-state index is 0.113. The Morgan fingerprint density at radius 1 is 1.28 bits per heavy atom. The summed E-state index contributed by atoms with van der Waals surface area (Å²) in [6, 6.07) is 10.3. The third kappa shape index (κ3) is 3.13. The standard InChI is InChI=1S/C16H19NO/c1-2-8-15(18)17-16(14-11-6-7-12-14)13-9-4-3-5-10-13/h3-5,9-10,14,16H,6-7,11-12H2,1H3,(H,17,18)/t16-/m0/s1. The van der Waals surface area contributed by atoms with Gasteiger partial charge in [-0.15, -0.1) is 0 Å². The first-order valence-electron chi connectivity index (χ1n) is 6.59. The van der Waals surface area contributed by atoms with Crippen LogP contribution < -0.4 is 5.32 Å². The van der Waals surface area contributed by atoms with Crippen LogP contribution in [0.25, 0.3) is 0 Å². The van der Waals surface area contributed by atoms with Gasteiger partial charge in [-0.05, 0) is 37.2 Å². The lowest BCUT2D eigenvalue weighted by atomic mass is 9.91. The second-order valence-corrected chi connectivity index (χ2v) is 4.78. The van der Waals surface area contributed by atoms with E-state index in [1.165, 1.54) is 31.2 Å². The van der Waals surface area contributed by atoms with Gasteiger partial charge in [-0.25, -0.2) is 0 Å². The van der Waals surface area contributed by atoms with E-state index < -0.39 is 0 Å². The highest BCUT2D eigenvalue weighted by Crippen LogP contribution is 2.35. The fraction of sp³-hybridized carbons (Fsp3) is 0.438. The lowest BCUT2D eigenvalue weighted by molar-refractivity contribution is -0.116. The number of carbonyl (C=O) groups is 1. The van der Waals surface area contributed by atoms with E-state index in [0.717, 1.165) is 0 Å². The van der Waals surface area contributed by atoms with Crippen molar-refractivity contribution in [1.29, 1.82) is 0 Å². The molecule has 0 saturated heterocycles. The van der Waals surface area contributed by atoms with Crippen LogP contribution in [0.3, 0.4) is 0 Å². The predicted octanol–water partition coefficient (Wildman–Crippen LogP) is 3.06. The molecule has 0 aromatic heterocycles. The summed E-state index contributed by atoms with van der Waals surface area (Å²) in [5.41, 5.74) is 1.19. The molecule has 0 radical (unpaired) electrons. The average molecular weight is 241 g/mol. The molecule has 2 heteroatoms. The maximum absolute atomic E-state index is 11.7. The minimum atomic E-state index is -0.168. The lowest BCUT2D eigenvalue weighted by Crippen LogP contribution is -2.31. The summed E-state index contributed by atoms with van der Waals surface area (Å²) >= 11 is 0. The van der Waals surface area contributed by atoms with E-state index in [-0.39, 0.29) is 11.9 Å². The number of amides is 1. The maximum atomic E-state index is 11.7. The molecule has 0 bridgehead atoms. The molecule has 2 nitrogen and oxygen atoms in total. The van der Waals surface area contributed by atoms with Crippen molar-refractivity contribution in [2.45, 2.75) is 38.6 Å². The molecule has 1 saturated carbocycles. The first-order chi connectivity index (χ1) is 8.81. The first kappa shape index (κ1) is 12.7. The summed E-state index contributed by atoms with van der Waals surface area (Å²) in [5, 5.41) is 3.06. The largest absolute Gasteiger partial charge is 0.338 e. The fourth-order valence-corrected chi connectivity index (χ4v) is 2.72. The fourth-order valence-electron chi connectivity index (χ4n) is 2.72. The van der Waals surface area contributed by atoms with Crippen molar-refractivity contribution in [3.8, 4) is 11.8 Å². The van der Waals surface area contributed by atoms with Crippen LogP contribution in [0.4, 0.5) is 0 Å². The van der Waals surface area contributed by atoms with Crippen molar-refractivity contribution in [3.63, 3.8) is 0 Å². The second kappa shape index (κ2) is 6.26. The van der Waals surface area contributed by atoms with Gasteiger partial charge in [0.2, 0.25) is 0 Å². The van der Waals surface area contributed by atoms with Gasteiger partial charge in [0, 0.05) is 0 Å². The van der Waals surface area contributed by atoms with E-state index in [1.807, 2.05) is 18.2 Å². The molecule has 1 aliphatic carbocycles. The Morgan fingerprint density at radius 2 is 1.94 bits per heavy atom. The highest BCUT2D eigenvalue weighted by atomic mass is 16.1. The van der Waals surface area contributed by atoms with E-state index in [1.54, 1.807) is 6.92 Å². The second-order valence-electron chi connectivity index (χ2n) is 4.78. The SMILES string of the molecule is CC#CC(=O)N[C@@H](c1ccccc1)C1CCCC1. The quantitative estimate of drug-likeness (QED) is 0.810. The summed E-state index contributed by atoms with van der Waals surface area (Å²) in [4.78, 5) is 11.7. The van der Waals surface area contributed by atoms with Crippen LogP contribution in [0.15, 0.2) is 30.3 Å². The molecule has 0 heterocycles. The van der Waals surface area contributed by atoms with Gasteiger partial charge in [0.25, 0.3) is 5.91 Å². The van der Waals surface area contributed by atoms with Crippen LogP contribution in [-0.2, 0) is 4.79 Å². The van der Waals surface area contributed by atoms with Crippen molar-refractivity contribution in [2.24, 2.45) is 5.92 Å². The van der Waals surface area contributed by atoms with Gasteiger partial charge in [-0.2, -0.15) is 0 Å². The summed E-state index contributed by atoms with van der Waals surface area (Å²) in [5.74, 6) is 5.60.